The van der Waals surface area contributed by atoms with Crippen molar-refractivity contribution < 1.29 is 14.4 Å². The van der Waals surface area contributed by atoms with Crippen LogP contribution < -0.4 is 5.32 Å². The number of carbonyl (C=O) groups excluding carboxylic acids is 3. The van der Waals surface area contributed by atoms with Crippen LogP contribution in [0.2, 0.25) is 0 Å². The van der Waals surface area contributed by atoms with Crippen LogP contribution in [0.25, 0.3) is 0 Å². The summed E-state index contributed by atoms with van der Waals surface area (Å²) in [6.45, 7) is 2.91. The minimum absolute atomic E-state index is 0.0670. The average Bonchev–Trinajstić information content (AvgIpc) is 3.14. The van der Waals surface area contributed by atoms with Crippen LogP contribution in [0.5, 0.6) is 0 Å². The molecule has 0 atom stereocenters. The Labute approximate surface area is 143 Å². The van der Waals surface area contributed by atoms with Gasteiger partial charge < -0.3 is 10.2 Å². The molecule has 2 aliphatic carbocycles. The van der Waals surface area contributed by atoms with Crippen LogP contribution in [0.1, 0.15) is 71.1 Å². The third kappa shape index (κ3) is 3.15. The largest absolute Gasteiger partial charge is 0.340 e. The molecule has 0 aromatic rings. The van der Waals surface area contributed by atoms with Crippen molar-refractivity contribution in [2.75, 3.05) is 13.1 Å². The number of nitrogens with zero attached hydrogens (tertiary/aromatic N) is 2. The molecule has 0 aromatic carbocycles. The van der Waals surface area contributed by atoms with Gasteiger partial charge in [-0.2, -0.15) is 0 Å². The molecule has 4 amide bonds. The lowest BCUT2D eigenvalue weighted by atomic mass is 9.94. The molecule has 1 N–H and O–H groups in total. The summed E-state index contributed by atoms with van der Waals surface area (Å²) in [5.41, 5.74) is -0.673. The summed E-state index contributed by atoms with van der Waals surface area (Å²) in [6.07, 6.45) is 9.42. The number of amides is 4. The standard InChI is InChI=1S/C18H29N3O3/c1-2-20(14-8-4-3-5-9-14)15(22)10-13-21-16(23)18(19-17(21)24)11-6-7-12-18/h14H,2-13H2,1H3,(H,19,24). The van der Waals surface area contributed by atoms with Crippen molar-refractivity contribution in [3.05, 3.63) is 0 Å². The minimum Gasteiger partial charge on any atom is -0.340 e. The van der Waals surface area contributed by atoms with Crippen molar-refractivity contribution in [2.45, 2.75) is 82.7 Å². The van der Waals surface area contributed by atoms with E-state index in [1.165, 1.54) is 24.2 Å². The summed E-state index contributed by atoms with van der Waals surface area (Å²) >= 11 is 0. The maximum absolute atomic E-state index is 12.6. The second kappa shape index (κ2) is 7.11. The first-order valence-corrected chi connectivity index (χ1v) is 9.51. The third-order valence-corrected chi connectivity index (χ3v) is 5.93. The van der Waals surface area contributed by atoms with Gasteiger partial charge in [0.15, 0.2) is 0 Å². The van der Waals surface area contributed by atoms with Crippen LogP contribution in [0, 0.1) is 0 Å². The molecule has 1 saturated heterocycles. The lowest BCUT2D eigenvalue weighted by Crippen LogP contribution is -2.45. The fourth-order valence-corrected chi connectivity index (χ4v) is 4.58. The molecule has 6 nitrogen and oxygen atoms in total. The molecule has 6 heteroatoms. The Hall–Kier alpha value is -1.59. The van der Waals surface area contributed by atoms with Crippen LogP contribution >= 0.6 is 0 Å². The maximum Gasteiger partial charge on any atom is 0.325 e. The van der Waals surface area contributed by atoms with E-state index in [1.807, 2.05) is 11.8 Å². The average molecular weight is 335 g/mol. The molecule has 0 bridgehead atoms. The number of hydrogen-bond donors (Lipinski definition) is 1. The molecule has 1 aliphatic heterocycles. The zero-order valence-corrected chi connectivity index (χ0v) is 14.7. The van der Waals surface area contributed by atoms with Gasteiger partial charge in [0.2, 0.25) is 5.91 Å². The fourth-order valence-electron chi connectivity index (χ4n) is 4.58. The number of carbonyl (C=O) groups is 3. The minimum atomic E-state index is -0.673. The van der Waals surface area contributed by atoms with Gasteiger partial charge in [-0.15, -0.1) is 0 Å². The third-order valence-electron chi connectivity index (χ3n) is 5.93. The van der Waals surface area contributed by atoms with Gasteiger partial charge in [-0.25, -0.2) is 4.79 Å². The molecule has 24 heavy (non-hydrogen) atoms. The summed E-state index contributed by atoms with van der Waals surface area (Å²) in [5.74, 6) is -0.0594. The molecule has 3 fully saturated rings. The smallest absolute Gasteiger partial charge is 0.325 e. The Balaban J connectivity index is 1.57. The van der Waals surface area contributed by atoms with E-state index < -0.39 is 5.54 Å². The van der Waals surface area contributed by atoms with Crippen LogP contribution in [0.4, 0.5) is 4.79 Å². The van der Waals surface area contributed by atoms with E-state index in [9.17, 15) is 14.4 Å². The Morgan fingerprint density at radius 2 is 1.83 bits per heavy atom. The molecule has 1 heterocycles. The van der Waals surface area contributed by atoms with E-state index in [0.29, 0.717) is 12.6 Å². The van der Waals surface area contributed by atoms with E-state index in [2.05, 4.69) is 5.32 Å². The maximum atomic E-state index is 12.6. The first-order chi connectivity index (χ1) is 11.6. The van der Waals surface area contributed by atoms with E-state index in [4.69, 9.17) is 0 Å². The Morgan fingerprint density at radius 1 is 1.17 bits per heavy atom. The van der Waals surface area contributed by atoms with Gasteiger partial charge in [0.1, 0.15) is 5.54 Å². The number of nitrogens with one attached hydrogen (secondary N) is 1. The van der Waals surface area contributed by atoms with Gasteiger partial charge in [0.05, 0.1) is 0 Å². The first kappa shape index (κ1) is 17.2. The Bertz CT molecular complexity index is 508. The van der Waals surface area contributed by atoms with Gasteiger partial charge in [-0.3, -0.25) is 14.5 Å². The van der Waals surface area contributed by atoms with Crippen molar-refractivity contribution in [1.82, 2.24) is 15.1 Å². The highest BCUT2D eigenvalue weighted by Gasteiger charge is 2.52. The highest BCUT2D eigenvalue weighted by atomic mass is 16.2. The fraction of sp³-hybridized carbons (Fsp3) is 0.833. The molecule has 2 saturated carbocycles. The van der Waals surface area contributed by atoms with Gasteiger partial charge in [0.25, 0.3) is 5.91 Å². The molecule has 0 aromatic heterocycles. The molecular formula is C18H29N3O3. The summed E-state index contributed by atoms with van der Waals surface area (Å²) in [6, 6.07) is 0.0101. The van der Waals surface area contributed by atoms with E-state index >= 15 is 0 Å². The summed E-state index contributed by atoms with van der Waals surface area (Å²) in [7, 11) is 0. The molecule has 0 radical (unpaired) electrons. The van der Waals surface area contributed by atoms with Crippen LogP contribution in [0.3, 0.4) is 0 Å². The lowest BCUT2D eigenvalue weighted by Gasteiger charge is -2.34. The van der Waals surface area contributed by atoms with Crippen molar-refractivity contribution >= 4 is 17.8 Å². The van der Waals surface area contributed by atoms with E-state index in [0.717, 1.165) is 38.5 Å². The lowest BCUT2D eigenvalue weighted by molar-refractivity contribution is -0.135. The molecule has 0 unspecified atom stereocenters. The summed E-state index contributed by atoms with van der Waals surface area (Å²) in [5, 5.41) is 2.87. The zero-order valence-electron chi connectivity index (χ0n) is 14.7. The predicted octanol–water partition coefficient (Wildman–Crippen LogP) is 2.42. The quantitative estimate of drug-likeness (QED) is 0.785. The highest BCUT2D eigenvalue weighted by molar-refractivity contribution is 6.07. The number of imide groups is 1. The summed E-state index contributed by atoms with van der Waals surface area (Å²) in [4.78, 5) is 40.6. The summed E-state index contributed by atoms with van der Waals surface area (Å²) < 4.78 is 0. The SMILES string of the molecule is CCN(C(=O)CCN1C(=O)NC2(CCCC2)C1=O)C1CCCCC1. The van der Waals surface area contributed by atoms with Gasteiger partial charge in [-0.1, -0.05) is 32.1 Å². The normalized spacial score (nSPS) is 23.8. The van der Waals surface area contributed by atoms with E-state index in [1.54, 1.807) is 0 Å². The monoisotopic (exact) mass is 335 g/mol. The van der Waals surface area contributed by atoms with Crippen molar-refractivity contribution in [3.63, 3.8) is 0 Å². The van der Waals surface area contributed by atoms with Gasteiger partial charge in [0, 0.05) is 25.6 Å². The van der Waals surface area contributed by atoms with Crippen LogP contribution in [-0.4, -0.2) is 52.3 Å². The second-order valence-electron chi connectivity index (χ2n) is 7.40. The number of rotatable bonds is 5. The molecular weight excluding hydrogens is 306 g/mol. The van der Waals surface area contributed by atoms with Crippen LogP contribution in [-0.2, 0) is 9.59 Å². The molecule has 3 aliphatic rings. The Morgan fingerprint density at radius 3 is 2.46 bits per heavy atom. The van der Waals surface area contributed by atoms with Gasteiger partial charge in [-0.05, 0) is 32.6 Å². The zero-order chi connectivity index (χ0) is 17.2. The number of urea groups is 1. The topological polar surface area (TPSA) is 69.7 Å². The van der Waals surface area contributed by atoms with Crippen molar-refractivity contribution in [3.8, 4) is 0 Å². The van der Waals surface area contributed by atoms with E-state index in [-0.39, 0.29) is 30.8 Å². The molecule has 134 valence electrons. The predicted molar refractivity (Wildman–Crippen MR) is 90.3 cm³/mol. The molecule has 3 rings (SSSR count). The first-order valence-electron chi connectivity index (χ1n) is 9.51. The van der Waals surface area contributed by atoms with Crippen molar-refractivity contribution in [2.24, 2.45) is 0 Å². The second-order valence-corrected chi connectivity index (χ2v) is 7.40. The highest BCUT2D eigenvalue weighted by Crippen LogP contribution is 2.35. The number of hydrogen-bond acceptors (Lipinski definition) is 3. The van der Waals surface area contributed by atoms with Crippen molar-refractivity contribution in [1.29, 1.82) is 0 Å². The molecule has 1 spiro atoms. The van der Waals surface area contributed by atoms with Crippen LogP contribution in [0.15, 0.2) is 0 Å². The van der Waals surface area contributed by atoms with Gasteiger partial charge >= 0.3 is 6.03 Å². The Kier molecular flexibility index (Phi) is 5.11.